The van der Waals surface area contributed by atoms with Crippen molar-refractivity contribution in [3.63, 3.8) is 0 Å². The summed E-state index contributed by atoms with van der Waals surface area (Å²) >= 11 is 0. The number of para-hydroxylation sites is 2. The number of methoxy groups -OCH3 is 1. The van der Waals surface area contributed by atoms with E-state index >= 15 is 0 Å². The van der Waals surface area contributed by atoms with Crippen LogP contribution in [0.5, 0.6) is 11.5 Å². The number of anilines is 2. The Morgan fingerprint density at radius 2 is 1.88 bits per heavy atom. The Kier molecular flexibility index (Phi) is 4.89. The van der Waals surface area contributed by atoms with E-state index < -0.39 is 0 Å². The third-order valence-electron chi connectivity index (χ3n) is 4.30. The monoisotopic (exact) mass is 326 g/mol. The van der Waals surface area contributed by atoms with Gasteiger partial charge < -0.3 is 20.1 Å². The molecule has 24 heavy (non-hydrogen) atoms. The van der Waals surface area contributed by atoms with Crippen LogP contribution in [0.25, 0.3) is 0 Å². The molecule has 0 spiro atoms. The van der Waals surface area contributed by atoms with Crippen molar-refractivity contribution in [2.75, 3.05) is 30.4 Å². The second kappa shape index (κ2) is 7.25. The van der Waals surface area contributed by atoms with E-state index in [1.54, 1.807) is 6.07 Å². The van der Waals surface area contributed by atoms with Crippen molar-refractivity contribution in [3.8, 4) is 11.5 Å². The summed E-state index contributed by atoms with van der Waals surface area (Å²) in [6.07, 6.45) is 3.58. The lowest BCUT2D eigenvalue weighted by atomic mass is 10.1. The highest BCUT2D eigenvalue weighted by molar-refractivity contribution is 6.07. The maximum atomic E-state index is 12.6. The highest BCUT2D eigenvalue weighted by Gasteiger charge is 2.18. The Morgan fingerprint density at radius 1 is 1.12 bits per heavy atom. The summed E-state index contributed by atoms with van der Waals surface area (Å²) in [6.45, 7) is 1.99. The number of benzene rings is 2. The van der Waals surface area contributed by atoms with Gasteiger partial charge >= 0.3 is 0 Å². The molecule has 5 nitrogen and oxygen atoms in total. The van der Waals surface area contributed by atoms with Gasteiger partial charge in [-0.15, -0.1) is 0 Å². The summed E-state index contributed by atoms with van der Waals surface area (Å²) in [6, 6.07) is 12.4. The molecular formula is C19H22N2O3. The summed E-state index contributed by atoms with van der Waals surface area (Å²) in [5.74, 6) is 0.113. The van der Waals surface area contributed by atoms with Crippen LogP contribution in [-0.4, -0.2) is 31.2 Å². The zero-order valence-corrected chi connectivity index (χ0v) is 13.8. The molecule has 0 atom stereocenters. The fourth-order valence-corrected chi connectivity index (χ4v) is 3.00. The summed E-state index contributed by atoms with van der Waals surface area (Å²) < 4.78 is 5.13. The maximum absolute atomic E-state index is 12.6. The molecule has 3 rings (SSSR count). The van der Waals surface area contributed by atoms with E-state index in [1.165, 1.54) is 38.5 Å². The third-order valence-corrected chi connectivity index (χ3v) is 4.30. The van der Waals surface area contributed by atoms with Crippen LogP contribution >= 0.6 is 0 Å². The van der Waals surface area contributed by atoms with Crippen molar-refractivity contribution in [1.29, 1.82) is 0 Å². The third kappa shape index (κ3) is 3.45. The maximum Gasteiger partial charge on any atom is 0.259 e. The van der Waals surface area contributed by atoms with Gasteiger partial charge in [0, 0.05) is 13.1 Å². The molecule has 0 unspecified atom stereocenters. The summed E-state index contributed by atoms with van der Waals surface area (Å²) in [5, 5.41) is 12.9. The molecule has 1 amide bonds. The van der Waals surface area contributed by atoms with E-state index in [9.17, 15) is 9.90 Å². The molecule has 0 radical (unpaired) electrons. The molecule has 5 heteroatoms. The number of nitrogens with zero attached hydrogens (tertiary/aromatic N) is 1. The van der Waals surface area contributed by atoms with Crippen LogP contribution in [0.1, 0.15) is 29.6 Å². The van der Waals surface area contributed by atoms with Gasteiger partial charge in [-0.2, -0.15) is 0 Å². The predicted molar refractivity (Wildman–Crippen MR) is 95.1 cm³/mol. The first-order chi connectivity index (χ1) is 11.7. The lowest BCUT2D eigenvalue weighted by Crippen LogP contribution is -2.30. The number of nitrogens with one attached hydrogen (secondary N) is 1. The average Bonchev–Trinajstić information content (AvgIpc) is 2.63. The number of carbonyl (C=O) groups excluding carboxylic acids is 1. The van der Waals surface area contributed by atoms with E-state index in [4.69, 9.17) is 4.74 Å². The number of phenolic OH excluding ortho intramolecular Hbond substituents is 1. The number of carbonyl (C=O) groups is 1. The summed E-state index contributed by atoms with van der Waals surface area (Å²) in [7, 11) is 1.53. The molecule has 1 aliphatic rings. The minimum atomic E-state index is -0.351. The van der Waals surface area contributed by atoms with Crippen LogP contribution in [-0.2, 0) is 0 Å². The molecule has 1 heterocycles. The van der Waals surface area contributed by atoms with Gasteiger partial charge in [-0.3, -0.25) is 4.79 Å². The molecule has 126 valence electrons. The normalized spacial score (nSPS) is 14.3. The number of rotatable bonds is 4. The number of hydrogen-bond donors (Lipinski definition) is 2. The van der Waals surface area contributed by atoms with Crippen LogP contribution in [0, 0.1) is 0 Å². The van der Waals surface area contributed by atoms with E-state index in [-0.39, 0.29) is 17.2 Å². The smallest absolute Gasteiger partial charge is 0.259 e. The number of amides is 1. The quantitative estimate of drug-likeness (QED) is 0.900. The Labute approximate surface area is 141 Å². The molecule has 0 aromatic heterocycles. The number of hydrogen-bond acceptors (Lipinski definition) is 4. The molecule has 2 aromatic rings. The SMILES string of the molecule is COc1ccc(O)c(C(=O)Nc2ccccc2N2CCCCC2)c1. The zero-order chi connectivity index (χ0) is 16.9. The molecule has 2 aromatic carbocycles. The lowest BCUT2D eigenvalue weighted by Gasteiger charge is -2.30. The summed E-state index contributed by atoms with van der Waals surface area (Å²) in [4.78, 5) is 14.9. The minimum absolute atomic E-state index is 0.0660. The first-order valence-corrected chi connectivity index (χ1v) is 8.21. The molecule has 0 saturated carbocycles. The largest absolute Gasteiger partial charge is 0.507 e. The standard InChI is InChI=1S/C19H22N2O3/c1-24-14-9-10-18(22)15(13-14)19(23)20-16-7-3-4-8-17(16)21-11-5-2-6-12-21/h3-4,7-10,13,22H,2,5-6,11-12H2,1H3,(H,20,23). The minimum Gasteiger partial charge on any atom is -0.507 e. The Balaban J connectivity index is 1.84. The van der Waals surface area contributed by atoms with Gasteiger partial charge in [0.1, 0.15) is 11.5 Å². The van der Waals surface area contributed by atoms with E-state index in [0.29, 0.717) is 5.75 Å². The van der Waals surface area contributed by atoms with Crippen molar-refractivity contribution in [2.45, 2.75) is 19.3 Å². The lowest BCUT2D eigenvalue weighted by molar-refractivity contribution is 0.102. The fraction of sp³-hybridized carbons (Fsp3) is 0.316. The van der Waals surface area contributed by atoms with Gasteiger partial charge in [-0.25, -0.2) is 0 Å². The van der Waals surface area contributed by atoms with Crippen molar-refractivity contribution < 1.29 is 14.6 Å². The van der Waals surface area contributed by atoms with Crippen molar-refractivity contribution >= 4 is 17.3 Å². The molecule has 0 aliphatic carbocycles. The van der Waals surface area contributed by atoms with E-state index in [2.05, 4.69) is 10.2 Å². The fourth-order valence-electron chi connectivity index (χ4n) is 3.00. The first-order valence-electron chi connectivity index (χ1n) is 8.21. The number of aromatic hydroxyl groups is 1. The van der Waals surface area contributed by atoms with E-state index in [1.807, 2.05) is 24.3 Å². The topological polar surface area (TPSA) is 61.8 Å². The molecular weight excluding hydrogens is 304 g/mol. The van der Waals surface area contributed by atoms with Crippen LogP contribution in [0.15, 0.2) is 42.5 Å². The Morgan fingerprint density at radius 3 is 2.62 bits per heavy atom. The zero-order valence-electron chi connectivity index (χ0n) is 13.8. The van der Waals surface area contributed by atoms with Gasteiger partial charge in [0.2, 0.25) is 0 Å². The van der Waals surface area contributed by atoms with Gasteiger partial charge in [0.15, 0.2) is 0 Å². The second-order valence-corrected chi connectivity index (χ2v) is 5.90. The number of ether oxygens (including phenoxy) is 1. The molecule has 2 N–H and O–H groups in total. The van der Waals surface area contributed by atoms with E-state index in [0.717, 1.165) is 24.5 Å². The Bertz CT molecular complexity index is 724. The predicted octanol–water partition coefficient (Wildman–Crippen LogP) is 3.64. The van der Waals surface area contributed by atoms with Crippen LogP contribution < -0.4 is 15.0 Å². The van der Waals surface area contributed by atoms with Crippen LogP contribution in [0.3, 0.4) is 0 Å². The average molecular weight is 326 g/mol. The van der Waals surface area contributed by atoms with Gasteiger partial charge in [0.25, 0.3) is 5.91 Å². The Hall–Kier alpha value is -2.69. The number of piperidine rings is 1. The second-order valence-electron chi connectivity index (χ2n) is 5.90. The number of phenols is 1. The van der Waals surface area contributed by atoms with Gasteiger partial charge in [-0.1, -0.05) is 12.1 Å². The van der Waals surface area contributed by atoms with Crippen molar-refractivity contribution in [2.24, 2.45) is 0 Å². The highest BCUT2D eigenvalue weighted by atomic mass is 16.5. The molecule has 1 aliphatic heterocycles. The van der Waals surface area contributed by atoms with Crippen LogP contribution in [0.4, 0.5) is 11.4 Å². The van der Waals surface area contributed by atoms with Crippen molar-refractivity contribution in [1.82, 2.24) is 0 Å². The van der Waals surface area contributed by atoms with Gasteiger partial charge in [0.05, 0.1) is 24.0 Å². The van der Waals surface area contributed by atoms with Crippen molar-refractivity contribution in [3.05, 3.63) is 48.0 Å². The first kappa shape index (κ1) is 16.2. The van der Waals surface area contributed by atoms with Crippen LogP contribution in [0.2, 0.25) is 0 Å². The van der Waals surface area contributed by atoms with Gasteiger partial charge in [-0.05, 0) is 49.6 Å². The molecule has 1 saturated heterocycles. The summed E-state index contributed by atoms with van der Waals surface area (Å²) in [5.41, 5.74) is 1.97. The highest BCUT2D eigenvalue weighted by Crippen LogP contribution is 2.30. The molecule has 1 fully saturated rings. The molecule has 0 bridgehead atoms.